The SMILES string of the molecule is Cn1cnc2c1C(COCC1CCOCC1)CN(C1CCOCC1)C2. The molecule has 2 saturated heterocycles. The molecular weight excluding hydrogens is 318 g/mol. The van der Waals surface area contributed by atoms with Crippen molar-refractivity contribution < 1.29 is 14.2 Å². The minimum atomic E-state index is 0.416. The molecule has 3 aliphatic rings. The second kappa shape index (κ2) is 8.16. The molecule has 140 valence electrons. The Bertz CT molecular complexity index is 550. The van der Waals surface area contributed by atoms with E-state index >= 15 is 0 Å². The fraction of sp³-hybridized carbons (Fsp3) is 0.842. The third-order valence-corrected chi connectivity index (χ3v) is 5.98. The Labute approximate surface area is 150 Å². The molecule has 25 heavy (non-hydrogen) atoms. The van der Waals surface area contributed by atoms with E-state index in [-0.39, 0.29) is 0 Å². The van der Waals surface area contributed by atoms with Gasteiger partial charge in [-0.2, -0.15) is 0 Å². The Morgan fingerprint density at radius 2 is 1.80 bits per heavy atom. The van der Waals surface area contributed by atoms with Crippen LogP contribution in [0.25, 0.3) is 0 Å². The lowest BCUT2D eigenvalue weighted by atomic mass is 9.95. The molecule has 0 saturated carbocycles. The van der Waals surface area contributed by atoms with Crippen molar-refractivity contribution in [3.63, 3.8) is 0 Å². The molecule has 3 aliphatic heterocycles. The molecule has 4 rings (SSSR count). The Morgan fingerprint density at radius 3 is 2.56 bits per heavy atom. The summed E-state index contributed by atoms with van der Waals surface area (Å²) in [5.41, 5.74) is 2.61. The van der Waals surface area contributed by atoms with Crippen molar-refractivity contribution in [2.45, 2.75) is 44.2 Å². The Hall–Kier alpha value is -0.950. The maximum atomic E-state index is 6.18. The molecule has 0 amide bonds. The lowest BCUT2D eigenvalue weighted by Gasteiger charge is -2.39. The van der Waals surface area contributed by atoms with Gasteiger partial charge in [0.1, 0.15) is 0 Å². The number of fused-ring (bicyclic) bond motifs is 1. The number of rotatable bonds is 5. The van der Waals surface area contributed by atoms with E-state index in [2.05, 4.69) is 21.5 Å². The van der Waals surface area contributed by atoms with E-state index in [9.17, 15) is 0 Å². The fourth-order valence-corrected chi connectivity index (χ4v) is 4.51. The molecule has 0 aromatic carbocycles. The highest BCUT2D eigenvalue weighted by atomic mass is 16.5. The van der Waals surface area contributed by atoms with Crippen LogP contribution < -0.4 is 0 Å². The predicted octanol–water partition coefficient (Wildman–Crippen LogP) is 1.94. The summed E-state index contributed by atoms with van der Waals surface area (Å²) in [6, 6.07) is 0.627. The minimum absolute atomic E-state index is 0.416. The molecule has 6 heteroatoms. The van der Waals surface area contributed by atoms with Gasteiger partial charge in [0.25, 0.3) is 0 Å². The van der Waals surface area contributed by atoms with Gasteiger partial charge in [0, 0.05) is 70.8 Å². The summed E-state index contributed by atoms with van der Waals surface area (Å²) in [6.07, 6.45) is 6.50. The third kappa shape index (κ3) is 4.08. The summed E-state index contributed by atoms with van der Waals surface area (Å²) in [5, 5.41) is 0. The highest BCUT2D eigenvalue weighted by Crippen LogP contribution is 2.31. The van der Waals surface area contributed by atoms with E-state index in [4.69, 9.17) is 14.2 Å². The van der Waals surface area contributed by atoms with Crippen LogP contribution in [0.5, 0.6) is 0 Å². The predicted molar refractivity (Wildman–Crippen MR) is 94.6 cm³/mol. The lowest BCUT2D eigenvalue weighted by Crippen LogP contribution is -2.45. The largest absolute Gasteiger partial charge is 0.381 e. The zero-order chi connectivity index (χ0) is 17.1. The quantitative estimate of drug-likeness (QED) is 0.813. The first kappa shape index (κ1) is 17.5. The van der Waals surface area contributed by atoms with Gasteiger partial charge in [0.2, 0.25) is 0 Å². The highest BCUT2D eigenvalue weighted by molar-refractivity contribution is 5.22. The molecular formula is C19H31N3O3. The van der Waals surface area contributed by atoms with Crippen molar-refractivity contribution in [1.29, 1.82) is 0 Å². The Kier molecular flexibility index (Phi) is 5.70. The smallest absolute Gasteiger partial charge is 0.0949 e. The standard InChI is InChI=1S/C19H31N3O3/c1-21-14-20-18-11-22(17-4-8-24-9-5-17)10-16(19(18)21)13-25-12-15-2-6-23-7-3-15/h14-17H,2-13H2,1H3. The van der Waals surface area contributed by atoms with Crippen LogP contribution in [0, 0.1) is 5.92 Å². The molecule has 4 heterocycles. The number of nitrogens with zero attached hydrogens (tertiary/aromatic N) is 3. The third-order valence-electron chi connectivity index (χ3n) is 5.98. The van der Waals surface area contributed by atoms with Crippen LogP contribution in [-0.2, 0) is 27.8 Å². The number of hydrogen-bond donors (Lipinski definition) is 0. The first-order valence-electron chi connectivity index (χ1n) is 9.78. The van der Waals surface area contributed by atoms with Crippen molar-refractivity contribution in [2.24, 2.45) is 13.0 Å². The fourth-order valence-electron chi connectivity index (χ4n) is 4.51. The zero-order valence-electron chi connectivity index (χ0n) is 15.4. The maximum Gasteiger partial charge on any atom is 0.0949 e. The van der Waals surface area contributed by atoms with Crippen LogP contribution in [0.15, 0.2) is 6.33 Å². The molecule has 0 aliphatic carbocycles. The van der Waals surface area contributed by atoms with Gasteiger partial charge in [-0.25, -0.2) is 4.98 Å². The number of imidazole rings is 1. The van der Waals surface area contributed by atoms with Gasteiger partial charge in [0.05, 0.1) is 18.6 Å². The summed E-state index contributed by atoms with van der Waals surface area (Å²) in [6.45, 7) is 7.26. The molecule has 0 radical (unpaired) electrons. The van der Waals surface area contributed by atoms with E-state index in [0.29, 0.717) is 17.9 Å². The zero-order valence-corrected chi connectivity index (χ0v) is 15.4. The monoisotopic (exact) mass is 349 g/mol. The van der Waals surface area contributed by atoms with Crippen molar-refractivity contribution >= 4 is 0 Å². The van der Waals surface area contributed by atoms with Crippen LogP contribution in [0.1, 0.15) is 43.0 Å². The van der Waals surface area contributed by atoms with Crippen molar-refractivity contribution in [3.8, 4) is 0 Å². The highest BCUT2D eigenvalue weighted by Gasteiger charge is 2.33. The van der Waals surface area contributed by atoms with E-state index < -0.39 is 0 Å². The van der Waals surface area contributed by atoms with E-state index in [1.54, 1.807) is 0 Å². The van der Waals surface area contributed by atoms with Crippen LogP contribution in [0.4, 0.5) is 0 Å². The minimum Gasteiger partial charge on any atom is -0.381 e. The summed E-state index contributed by atoms with van der Waals surface area (Å²) in [7, 11) is 2.11. The maximum absolute atomic E-state index is 6.18. The van der Waals surface area contributed by atoms with Crippen molar-refractivity contribution in [1.82, 2.24) is 14.5 Å². The van der Waals surface area contributed by atoms with Crippen molar-refractivity contribution in [2.75, 3.05) is 46.2 Å². The first-order chi connectivity index (χ1) is 12.3. The first-order valence-corrected chi connectivity index (χ1v) is 9.78. The topological polar surface area (TPSA) is 48.8 Å². The number of hydrogen-bond acceptors (Lipinski definition) is 5. The summed E-state index contributed by atoms with van der Waals surface area (Å²) >= 11 is 0. The Balaban J connectivity index is 1.38. The van der Waals surface area contributed by atoms with Gasteiger partial charge in [0.15, 0.2) is 0 Å². The molecule has 2 fully saturated rings. The van der Waals surface area contributed by atoms with E-state index in [1.165, 1.54) is 11.4 Å². The van der Waals surface area contributed by atoms with Gasteiger partial charge in [-0.15, -0.1) is 0 Å². The molecule has 1 atom stereocenters. The number of aryl methyl sites for hydroxylation is 1. The molecule has 1 unspecified atom stereocenters. The van der Waals surface area contributed by atoms with E-state index in [0.717, 1.165) is 78.4 Å². The van der Waals surface area contributed by atoms with Crippen LogP contribution in [0.3, 0.4) is 0 Å². The molecule has 6 nitrogen and oxygen atoms in total. The normalized spacial score (nSPS) is 26.7. The van der Waals surface area contributed by atoms with Gasteiger partial charge < -0.3 is 18.8 Å². The van der Waals surface area contributed by atoms with Gasteiger partial charge >= 0.3 is 0 Å². The molecule has 0 bridgehead atoms. The molecule has 0 N–H and O–H groups in total. The van der Waals surface area contributed by atoms with E-state index in [1.807, 2.05) is 6.33 Å². The Morgan fingerprint density at radius 1 is 1.08 bits per heavy atom. The summed E-state index contributed by atoms with van der Waals surface area (Å²) < 4.78 is 19.4. The summed E-state index contributed by atoms with van der Waals surface area (Å²) in [5.74, 6) is 1.08. The molecule has 1 aromatic heterocycles. The number of ether oxygens (including phenoxy) is 3. The second-order valence-corrected chi connectivity index (χ2v) is 7.75. The van der Waals surface area contributed by atoms with Gasteiger partial charge in [-0.1, -0.05) is 0 Å². The number of aromatic nitrogens is 2. The molecule has 1 aromatic rings. The summed E-state index contributed by atoms with van der Waals surface area (Å²) in [4.78, 5) is 7.28. The lowest BCUT2D eigenvalue weighted by molar-refractivity contribution is 0.000686. The van der Waals surface area contributed by atoms with Gasteiger partial charge in [-0.3, -0.25) is 4.90 Å². The van der Waals surface area contributed by atoms with Crippen LogP contribution in [0.2, 0.25) is 0 Å². The van der Waals surface area contributed by atoms with Crippen LogP contribution in [-0.4, -0.2) is 66.7 Å². The van der Waals surface area contributed by atoms with Crippen molar-refractivity contribution in [3.05, 3.63) is 17.7 Å². The average molecular weight is 349 g/mol. The second-order valence-electron chi connectivity index (χ2n) is 7.75. The van der Waals surface area contributed by atoms with Crippen LogP contribution >= 0.6 is 0 Å². The molecule has 0 spiro atoms. The van der Waals surface area contributed by atoms with Gasteiger partial charge in [-0.05, 0) is 31.6 Å². The average Bonchev–Trinajstić information content (AvgIpc) is 3.04.